The Morgan fingerprint density at radius 3 is 1.88 bits per heavy atom. The van der Waals surface area contributed by atoms with E-state index in [0.717, 1.165) is 18.7 Å². The number of hydrogen-bond acceptors (Lipinski definition) is 4. The average Bonchev–Trinajstić information content (AvgIpc) is 2.52. The molecule has 0 saturated heterocycles. The third kappa shape index (κ3) is 4.66. The summed E-state index contributed by atoms with van der Waals surface area (Å²) in [7, 11) is -4.65. The zero-order valence-corrected chi connectivity index (χ0v) is 12.8. The second kappa shape index (κ2) is 6.59. The first-order chi connectivity index (χ1) is 11.4. The maximum atomic E-state index is 13.2. The van der Waals surface area contributed by atoms with Gasteiger partial charge < -0.3 is 0 Å². The van der Waals surface area contributed by atoms with E-state index in [1.807, 2.05) is 0 Å². The summed E-state index contributed by atoms with van der Waals surface area (Å²) in [6.07, 6.45) is -7.25. The minimum absolute atomic E-state index is 0.438. The molecule has 0 saturated carbocycles. The summed E-state index contributed by atoms with van der Waals surface area (Å²) < 4.78 is 103. The van der Waals surface area contributed by atoms with Crippen molar-refractivity contribution >= 4 is 10.0 Å². The molecule has 1 unspecified atom stereocenters. The predicted molar refractivity (Wildman–Crippen MR) is 72.6 cm³/mol. The standard InChI is InChI=1S/C13H9F6N3O2S/c14-12(15,16)9-3-1-8(2-4-9)11(13(17,18)19)22-25(23,24)10-5-20-7-21-6-10/h1-7,11,22H. The molecule has 5 nitrogen and oxygen atoms in total. The lowest BCUT2D eigenvalue weighted by molar-refractivity contribution is -0.153. The highest BCUT2D eigenvalue weighted by molar-refractivity contribution is 7.89. The van der Waals surface area contributed by atoms with Crippen LogP contribution >= 0.6 is 0 Å². The molecule has 1 aromatic heterocycles. The highest BCUT2D eigenvalue weighted by Crippen LogP contribution is 2.36. The van der Waals surface area contributed by atoms with E-state index in [0.29, 0.717) is 24.3 Å². The van der Waals surface area contributed by atoms with Crippen molar-refractivity contribution in [2.75, 3.05) is 0 Å². The largest absolute Gasteiger partial charge is 0.416 e. The Morgan fingerprint density at radius 2 is 1.44 bits per heavy atom. The lowest BCUT2D eigenvalue weighted by atomic mass is 10.1. The van der Waals surface area contributed by atoms with Gasteiger partial charge in [-0.15, -0.1) is 0 Å². The molecule has 0 aliphatic carbocycles. The van der Waals surface area contributed by atoms with Crippen LogP contribution in [0, 0.1) is 0 Å². The fourth-order valence-corrected chi connectivity index (χ4v) is 2.95. The smallest absolute Gasteiger partial charge is 0.243 e. The summed E-state index contributed by atoms with van der Waals surface area (Å²) in [4.78, 5) is 6.18. The van der Waals surface area contributed by atoms with Gasteiger partial charge in [-0.05, 0) is 17.7 Å². The molecule has 1 heterocycles. The van der Waals surface area contributed by atoms with Gasteiger partial charge in [0.1, 0.15) is 17.3 Å². The van der Waals surface area contributed by atoms with E-state index in [-0.39, 0.29) is 0 Å². The number of rotatable bonds is 4. The van der Waals surface area contributed by atoms with E-state index in [2.05, 4.69) is 9.97 Å². The van der Waals surface area contributed by atoms with Gasteiger partial charge in [0, 0.05) is 0 Å². The van der Waals surface area contributed by atoms with Gasteiger partial charge in [0.05, 0.1) is 18.0 Å². The number of alkyl halides is 6. The van der Waals surface area contributed by atoms with Crippen LogP contribution < -0.4 is 4.72 Å². The van der Waals surface area contributed by atoms with Crippen LogP contribution in [0.2, 0.25) is 0 Å². The molecule has 0 aliphatic rings. The fourth-order valence-electron chi connectivity index (χ4n) is 1.84. The summed E-state index contributed by atoms with van der Waals surface area (Å²) in [6, 6.07) is -0.738. The van der Waals surface area contributed by atoms with Gasteiger partial charge in [-0.3, -0.25) is 0 Å². The molecule has 0 radical (unpaired) electrons. The third-order valence-corrected chi connectivity index (χ3v) is 4.40. The van der Waals surface area contributed by atoms with Gasteiger partial charge in [-0.1, -0.05) is 12.1 Å². The lowest BCUT2D eigenvalue weighted by Gasteiger charge is -2.22. The summed E-state index contributed by atoms with van der Waals surface area (Å²) in [5.41, 5.74) is -1.85. The SMILES string of the molecule is O=S(=O)(NC(c1ccc(C(F)(F)F)cc1)C(F)(F)F)c1cncnc1. The van der Waals surface area contributed by atoms with Gasteiger partial charge in [0.15, 0.2) is 0 Å². The fraction of sp³-hybridized carbons (Fsp3) is 0.231. The number of hydrogen-bond donors (Lipinski definition) is 1. The van der Waals surface area contributed by atoms with Crippen molar-refractivity contribution in [2.45, 2.75) is 23.3 Å². The second-order valence-electron chi connectivity index (χ2n) is 4.79. The number of halogens is 6. The molecule has 0 spiro atoms. The Bertz CT molecular complexity index is 820. The van der Waals surface area contributed by atoms with Crippen LogP contribution in [-0.4, -0.2) is 24.6 Å². The minimum Gasteiger partial charge on any atom is -0.243 e. The van der Waals surface area contributed by atoms with E-state index in [1.165, 1.54) is 4.72 Å². The summed E-state index contributed by atoms with van der Waals surface area (Å²) in [5.74, 6) is 0. The highest BCUT2D eigenvalue weighted by atomic mass is 32.2. The molecular formula is C13H9F6N3O2S. The van der Waals surface area contributed by atoms with Crippen molar-refractivity contribution in [3.05, 3.63) is 54.1 Å². The molecule has 25 heavy (non-hydrogen) atoms. The highest BCUT2D eigenvalue weighted by Gasteiger charge is 2.44. The van der Waals surface area contributed by atoms with Crippen LogP contribution in [-0.2, 0) is 16.2 Å². The lowest BCUT2D eigenvalue weighted by Crippen LogP contribution is -2.38. The molecule has 1 atom stereocenters. The maximum absolute atomic E-state index is 13.2. The Labute approximate surface area is 137 Å². The Morgan fingerprint density at radius 1 is 0.920 bits per heavy atom. The predicted octanol–water partition coefficient (Wildman–Crippen LogP) is 3.08. The van der Waals surface area contributed by atoms with Crippen molar-refractivity contribution in [1.29, 1.82) is 0 Å². The van der Waals surface area contributed by atoms with Crippen molar-refractivity contribution in [1.82, 2.24) is 14.7 Å². The molecule has 0 aliphatic heterocycles. The monoisotopic (exact) mass is 385 g/mol. The van der Waals surface area contributed by atoms with E-state index >= 15 is 0 Å². The number of nitrogens with zero attached hydrogens (tertiary/aromatic N) is 2. The van der Waals surface area contributed by atoms with Crippen LogP contribution in [0.1, 0.15) is 17.2 Å². The number of benzene rings is 1. The maximum Gasteiger partial charge on any atom is 0.416 e. The molecule has 1 aromatic carbocycles. The van der Waals surface area contributed by atoms with Crippen LogP contribution in [0.3, 0.4) is 0 Å². The molecule has 0 bridgehead atoms. The zero-order valence-electron chi connectivity index (χ0n) is 12.0. The van der Waals surface area contributed by atoms with Gasteiger partial charge in [0.25, 0.3) is 0 Å². The molecular weight excluding hydrogens is 376 g/mol. The first-order valence-electron chi connectivity index (χ1n) is 6.42. The van der Waals surface area contributed by atoms with Gasteiger partial charge in [-0.25, -0.2) is 18.4 Å². The summed E-state index contributed by atoms with van der Waals surface area (Å²) in [5, 5.41) is 0. The molecule has 136 valence electrons. The molecule has 12 heteroatoms. The van der Waals surface area contributed by atoms with Crippen molar-refractivity contribution in [2.24, 2.45) is 0 Å². The van der Waals surface area contributed by atoms with Gasteiger partial charge >= 0.3 is 12.4 Å². The number of sulfonamides is 1. The Hall–Kier alpha value is -2.21. The molecule has 0 fully saturated rings. The van der Waals surface area contributed by atoms with Crippen LogP contribution in [0.15, 0.2) is 47.9 Å². The van der Waals surface area contributed by atoms with E-state index < -0.39 is 44.4 Å². The number of aromatic nitrogens is 2. The van der Waals surface area contributed by atoms with E-state index in [9.17, 15) is 34.8 Å². The van der Waals surface area contributed by atoms with Crippen molar-refractivity contribution < 1.29 is 34.8 Å². The van der Waals surface area contributed by atoms with Crippen molar-refractivity contribution in [3.63, 3.8) is 0 Å². The van der Waals surface area contributed by atoms with Gasteiger partial charge in [0.2, 0.25) is 10.0 Å². The molecule has 0 amide bonds. The molecule has 2 rings (SSSR count). The molecule has 2 aromatic rings. The quantitative estimate of drug-likeness (QED) is 0.822. The first kappa shape index (κ1) is 19.1. The van der Waals surface area contributed by atoms with Crippen molar-refractivity contribution in [3.8, 4) is 0 Å². The minimum atomic E-state index is -5.08. The van der Waals surface area contributed by atoms with E-state index in [4.69, 9.17) is 0 Å². The Kier molecular flexibility index (Phi) is 5.04. The third-order valence-electron chi connectivity index (χ3n) is 3.02. The Balaban J connectivity index is 2.38. The van der Waals surface area contributed by atoms with Gasteiger partial charge in [-0.2, -0.15) is 31.1 Å². The molecule has 1 N–H and O–H groups in total. The first-order valence-corrected chi connectivity index (χ1v) is 7.91. The van der Waals surface area contributed by atoms with Crippen LogP contribution in [0.5, 0.6) is 0 Å². The van der Waals surface area contributed by atoms with E-state index in [1.54, 1.807) is 0 Å². The average molecular weight is 385 g/mol. The topological polar surface area (TPSA) is 72.0 Å². The summed E-state index contributed by atoms with van der Waals surface area (Å²) >= 11 is 0. The summed E-state index contributed by atoms with van der Waals surface area (Å²) in [6.45, 7) is 0. The number of nitrogens with one attached hydrogen (secondary N) is 1. The zero-order chi connectivity index (χ0) is 18.9. The normalized spacial score (nSPS) is 14.3. The van der Waals surface area contributed by atoms with Crippen LogP contribution in [0.4, 0.5) is 26.3 Å². The second-order valence-corrected chi connectivity index (χ2v) is 6.50. The van der Waals surface area contributed by atoms with Crippen LogP contribution in [0.25, 0.3) is 0 Å².